The minimum absolute atomic E-state index is 0.110. The predicted molar refractivity (Wildman–Crippen MR) is 347 cm³/mol. The van der Waals surface area contributed by atoms with E-state index in [0.717, 1.165) is 0 Å². The van der Waals surface area contributed by atoms with Crippen LogP contribution in [0.5, 0.6) is 0 Å². The monoisotopic (exact) mass is 1070 g/mol. The first-order valence-corrected chi connectivity index (χ1v) is 36.8. The zero-order chi connectivity index (χ0) is 55.8. The SMILES string of the molecule is CCC1(CC)CC(CC)(CC)c2c1cc1c(c2/[Si](c2ccc3ccccc3c2)=[Si](\c2ccc3ccccc3c2)c2c3c(cc4c2C(CC)(CC)CC4(CC)CC)C(CC)(CC)CC3(CC)CC)C(CC)(CC)CC1(CC)CC. The minimum Gasteiger partial charge on any atom is -0.0645 e. The summed E-state index contributed by atoms with van der Waals surface area (Å²) in [5.74, 6) is 0. The molecule has 0 atom stereocenters. The molecule has 6 aromatic rings. The number of hydrogen-bond acceptors (Lipinski definition) is 0. The van der Waals surface area contributed by atoms with Crippen molar-refractivity contribution in [3.63, 3.8) is 0 Å². The summed E-state index contributed by atoms with van der Waals surface area (Å²) in [5.41, 5.74) is 15.8. The third kappa shape index (κ3) is 7.85. The summed E-state index contributed by atoms with van der Waals surface area (Å²) in [4.78, 5) is 0. The third-order valence-electron chi connectivity index (χ3n) is 25.4. The largest absolute Gasteiger partial charge is 0.0695 e. The number of benzene rings is 6. The Morgan fingerprint density at radius 2 is 0.474 bits per heavy atom. The van der Waals surface area contributed by atoms with Crippen molar-refractivity contribution >= 4 is 58.1 Å². The zero-order valence-electron chi connectivity index (χ0n) is 52.4. The summed E-state index contributed by atoms with van der Waals surface area (Å²) in [6, 6.07) is 41.2. The molecule has 78 heavy (non-hydrogen) atoms. The van der Waals surface area contributed by atoms with Gasteiger partial charge in [0.2, 0.25) is 0 Å². The van der Waals surface area contributed by atoms with E-state index in [1.54, 1.807) is 32.6 Å². The molecule has 0 aromatic heterocycles. The fourth-order valence-electron chi connectivity index (χ4n) is 19.5. The van der Waals surface area contributed by atoms with E-state index in [2.05, 4.69) is 208 Å². The van der Waals surface area contributed by atoms with Gasteiger partial charge in [-0.25, -0.2) is 0 Å². The molecular formula is C76H104Si2. The van der Waals surface area contributed by atoms with E-state index < -0.39 is 15.8 Å². The Hall–Kier alpha value is -3.73. The van der Waals surface area contributed by atoms with E-state index in [1.807, 2.05) is 32.6 Å². The lowest BCUT2D eigenvalue weighted by Gasteiger charge is -2.39. The zero-order valence-corrected chi connectivity index (χ0v) is 54.4. The van der Waals surface area contributed by atoms with Gasteiger partial charge in [-0.1, -0.05) is 208 Å². The van der Waals surface area contributed by atoms with Crippen LogP contribution in [-0.4, -0.2) is 15.8 Å². The Bertz CT molecular complexity index is 2890. The van der Waals surface area contributed by atoms with Crippen molar-refractivity contribution in [2.75, 3.05) is 0 Å². The standard InChI is InChI=1S/C76H104Si2/c1-17-69(18-2)49-73(25-9,26-10)63-59(69)47-60-64(74(27-11,28-12)50-70(60,19-3)20-4)67(63)77(57-43-41-53-37-33-35-39-55(53)45-57)78(58-44-42-54-38-34-36-40-56(54)46-58)68-65-61(71(21-5,22-6)51-75(65,29-13)30-14)48-62-66(68)76(31-15,32-16)52-72(62,23-7)24-8/h33-48H,17-32,49-52H2,1-16H3/b78-77+. The van der Waals surface area contributed by atoms with Gasteiger partial charge in [-0.3, -0.25) is 0 Å². The maximum absolute atomic E-state index is 3.00. The van der Waals surface area contributed by atoms with Crippen molar-refractivity contribution < 1.29 is 0 Å². The first-order valence-electron chi connectivity index (χ1n) is 32.8. The number of fused-ring (bicyclic) bond motifs is 6. The molecular weight excluding hydrogens is 969 g/mol. The van der Waals surface area contributed by atoms with E-state index in [4.69, 9.17) is 0 Å². The summed E-state index contributed by atoms with van der Waals surface area (Å²) < 4.78 is 0. The highest BCUT2D eigenvalue weighted by Gasteiger charge is 2.60. The van der Waals surface area contributed by atoms with Crippen LogP contribution in [0.1, 0.15) is 284 Å². The average molecular weight is 1070 g/mol. The third-order valence-corrected chi connectivity index (χ3v) is 34.4. The van der Waals surface area contributed by atoms with E-state index in [1.165, 1.54) is 150 Å². The van der Waals surface area contributed by atoms with Gasteiger partial charge in [0, 0.05) is 0 Å². The van der Waals surface area contributed by atoms with Crippen molar-refractivity contribution in [2.24, 2.45) is 0 Å². The Balaban J connectivity index is 1.64. The lowest BCUT2D eigenvalue weighted by Crippen LogP contribution is -2.58. The van der Waals surface area contributed by atoms with Gasteiger partial charge < -0.3 is 0 Å². The maximum Gasteiger partial charge on any atom is 0.0695 e. The molecule has 0 saturated carbocycles. The highest BCUT2D eigenvalue weighted by atomic mass is 28.9. The topological polar surface area (TPSA) is 0 Å². The van der Waals surface area contributed by atoms with Gasteiger partial charge in [0.25, 0.3) is 0 Å². The summed E-state index contributed by atoms with van der Waals surface area (Å²) in [6.07, 6.45) is 24.5. The molecule has 0 bridgehead atoms. The second-order valence-corrected chi connectivity index (χ2v) is 33.3. The van der Waals surface area contributed by atoms with Crippen LogP contribution in [0.25, 0.3) is 21.5 Å². The summed E-state index contributed by atoms with van der Waals surface area (Å²) in [7, 11) is -3.46. The number of hydrogen-bond donors (Lipinski definition) is 0. The second-order valence-electron chi connectivity index (χ2n) is 26.7. The normalized spacial score (nSPS) is 20.4. The maximum atomic E-state index is 3.00. The quantitative estimate of drug-likeness (QED) is 0.0669. The Morgan fingerprint density at radius 3 is 0.692 bits per heavy atom. The molecule has 0 nitrogen and oxygen atoms in total. The molecule has 0 spiro atoms. The van der Waals surface area contributed by atoms with Gasteiger partial charge >= 0.3 is 0 Å². The van der Waals surface area contributed by atoms with Gasteiger partial charge in [0.15, 0.2) is 0 Å². The van der Waals surface area contributed by atoms with E-state index >= 15 is 0 Å². The first kappa shape index (κ1) is 57.5. The van der Waals surface area contributed by atoms with Crippen molar-refractivity contribution in [1.29, 1.82) is 0 Å². The first-order chi connectivity index (χ1) is 37.6. The van der Waals surface area contributed by atoms with Crippen molar-refractivity contribution in [3.05, 3.63) is 142 Å². The fraction of sp³-hybridized carbons (Fsp3) is 0.579. The molecule has 416 valence electrons. The Labute approximate surface area is 479 Å². The van der Waals surface area contributed by atoms with Gasteiger partial charge in [0.05, 0.1) is 15.8 Å². The van der Waals surface area contributed by atoms with E-state index in [-0.39, 0.29) is 43.3 Å². The van der Waals surface area contributed by atoms with Crippen LogP contribution in [0.2, 0.25) is 0 Å². The summed E-state index contributed by atoms with van der Waals surface area (Å²) in [6.45, 7) is 41.6. The van der Waals surface area contributed by atoms with Gasteiger partial charge in [-0.2, -0.15) is 0 Å². The van der Waals surface area contributed by atoms with Crippen LogP contribution in [0.4, 0.5) is 0 Å². The molecule has 0 aliphatic heterocycles. The molecule has 0 heterocycles. The number of rotatable bonds is 20. The summed E-state index contributed by atoms with van der Waals surface area (Å²) >= 11 is 0. The minimum atomic E-state index is -1.73. The van der Waals surface area contributed by atoms with Crippen molar-refractivity contribution in [3.8, 4) is 0 Å². The average Bonchev–Trinajstić information content (AvgIpc) is 3.94. The van der Waals surface area contributed by atoms with Crippen LogP contribution < -0.4 is 20.7 Å². The molecule has 0 radical (unpaired) electrons. The van der Waals surface area contributed by atoms with Crippen molar-refractivity contribution in [1.82, 2.24) is 0 Å². The van der Waals surface area contributed by atoms with E-state index in [9.17, 15) is 0 Å². The molecule has 0 N–H and O–H groups in total. The van der Waals surface area contributed by atoms with Gasteiger partial charge in [0.1, 0.15) is 0 Å². The predicted octanol–water partition coefficient (Wildman–Crippen LogP) is 19.1. The molecule has 4 aliphatic carbocycles. The summed E-state index contributed by atoms with van der Waals surface area (Å²) in [5, 5.41) is 12.9. The fourth-order valence-corrected chi connectivity index (χ4v) is 30.5. The lowest BCUT2D eigenvalue weighted by atomic mass is 9.70. The molecule has 0 amide bonds. The molecule has 0 saturated heterocycles. The molecule has 6 aromatic carbocycles. The van der Waals surface area contributed by atoms with Gasteiger partial charge in [-0.05, 0) is 259 Å². The van der Waals surface area contributed by atoms with Crippen LogP contribution in [0.15, 0.2) is 97.1 Å². The second kappa shape index (κ2) is 21.2. The smallest absolute Gasteiger partial charge is 0.0645 e. The molecule has 0 fully saturated rings. The van der Waals surface area contributed by atoms with Crippen molar-refractivity contribution in [2.45, 2.75) is 283 Å². The van der Waals surface area contributed by atoms with Gasteiger partial charge in [-0.15, -0.1) is 0 Å². The molecule has 0 unspecified atom stereocenters. The highest BCUT2D eigenvalue weighted by molar-refractivity contribution is 7.19. The molecule has 10 rings (SSSR count). The van der Waals surface area contributed by atoms with Crippen LogP contribution in [-0.2, 0) is 43.3 Å². The Kier molecular flexibility index (Phi) is 15.7. The molecule has 2 heteroatoms. The van der Waals surface area contributed by atoms with Crippen LogP contribution >= 0.6 is 0 Å². The highest BCUT2D eigenvalue weighted by Crippen LogP contribution is 2.64. The molecule has 4 aliphatic rings. The van der Waals surface area contributed by atoms with Crippen LogP contribution in [0.3, 0.4) is 0 Å². The van der Waals surface area contributed by atoms with E-state index in [0.29, 0.717) is 0 Å². The lowest BCUT2D eigenvalue weighted by molar-refractivity contribution is 0.278. The van der Waals surface area contributed by atoms with Crippen LogP contribution in [0, 0.1) is 0 Å². The Morgan fingerprint density at radius 1 is 0.256 bits per heavy atom.